The van der Waals surface area contributed by atoms with Crippen LogP contribution < -0.4 is 5.73 Å². The summed E-state index contributed by atoms with van der Waals surface area (Å²) in [5, 5.41) is 0. The molecule has 0 spiro atoms. The predicted molar refractivity (Wildman–Crippen MR) is 87.9 cm³/mol. The van der Waals surface area contributed by atoms with Crippen LogP contribution >= 0.6 is 0 Å². The van der Waals surface area contributed by atoms with Gasteiger partial charge >= 0.3 is 0 Å². The number of nitrogens with zero attached hydrogens (tertiary/aromatic N) is 1. The average molecular weight is 280 g/mol. The monoisotopic (exact) mass is 280 g/mol. The van der Waals surface area contributed by atoms with Gasteiger partial charge < -0.3 is 5.73 Å². The number of rotatable bonds is 5. The maximum absolute atomic E-state index is 6.08. The molecular formula is C18H36N2. The van der Waals surface area contributed by atoms with Crippen LogP contribution in [0.4, 0.5) is 0 Å². The van der Waals surface area contributed by atoms with Crippen LogP contribution in [0.1, 0.15) is 84.5 Å². The largest absolute Gasteiger partial charge is 0.328 e. The molecule has 0 aromatic rings. The molecular weight excluding hydrogens is 244 g/mol. The van der Waals surface area contributed by atoms with Crippen LogP contribution in [0.25, 0.3) is 0 Å². The fraction of sp³-hybridized carbons (Fsp3) is 1.00. The van der Waals surface area contributed by atoms with Crippen molar-refractivity contribution in [2.45, 2.75) is 103 Å². The van der Waals surface area contributed by atoms with Crippen LogP contribution in [-0.4, -0.2) is 29.6 Å². The van der Waals surface area contributed by atoms with Crippen molar-refractivity contribution in [2.24, 2.45) is 11.7 Å². The van der Waals surface area contributed by atoms with Gasteiger partial charge in [-0.25, -0.2) is 0 Å². The van der Waals surface area contributed by atoms with E-state index in [1.54, 1.807) is 0 Å². The van der Waals surface area contributed by atoms with E-state index in [0.29, 0.717) is 6.04 Å². The van der Waals surface area contributed by atoms with Crippen LogP contribution in [0.5, 0.6) is 0 Å². The van der Waals surface area contributed by atoms with Gasteiger partial charge in [0.15, 0.2) is 0 Å². The first-order valence-electron chi connectivity index (χ1n) is 9.25. The third-order valence-corrected chi connectivity index (χ3v) is 5.80. The average Bonchev–Trinajstić information content (AvgIpc) is 2.68. The molecule has 0 radical (unpaired) electrons. The van der Waals surface area contributed by atoms with E-state index >= 15 is 0 Å². The summed E-state index contributed by atoms with van der Waals surface area (Å²) in [7, 11) is 0. The molecule has 0 saturated heterocycles. The minimum absolute atomic E-state index is 0.480. The Labute approximate surface area is 126 Å². The van der Waals surface area contributed by atoms with E-state index in [1.165, 1.54) is 77.2 Å². The topological polar surface area (TPSA) is 29.3 Å². The highest BCUT2D eigenvalue weighted by molar-refractivity contribution is 4.86. The smallest absolute Gasteiger partial charge is 0.00992 e. The molecule has 0 aromatic carbocycles. The molecule has 2 N–H and O–H groups in total. The summed E-state index contributed by atoms with van der Waals surface area (Å²) in [5.41, 5.74) is 6.08. The molecule has 2 nitrogen and oxygen atoms in total. The number of hydrogen-bond acceptors (Lipinski definition) is 2. The molecule has 0 heterocycles. The summed E-state index contributed by atoms with van der Waals surface area (Å²) < 4.78 is 0. The van der Waals surface area contributed by atoms with Crippen molar-refractivity contribution < 1.29 is 0 Å². The Kier molecular flexibility index (Phi) is 6.83. The van der Waals surface area contributed by atoms with Crippen LogP contribution in [0.2, 0.25) is 0 Å². The second kappa shape index (κ2) is 8.38. The van der Waals surface area contributed by atoms with Crippen molar-refractivity contribution in [2.75, 3.05) is 6.54 Å². The number of nitrogens with two attached hydrogens (primary N) is 1. The molecule has 2 rings (SSSR count). The maximum Gasteiger partial charge on any atom is 0.00992 e. The third-order valence-electron chi connectivity index (χ3n) is 5.80. The SMILES string of the molecule is CCCC1CCCC(N(CC)C2CCC(N)CC2)CC1. The lowest BCUT2D eigenvalue weighted by Crippen LogP contribution is -2.46. The molecule has 20 heavy (non-hydrogen) atoms. The highest BCUT2D eigenvalue weighted by Crippen LogP contribution is 2.32. The Bertz CT molecular complexity index is 258. The van der Waals surface area contributed by atoms with Gasteiger partial charge in [0.2, 0.25) is 0 Å². The second-order valence-corrected chi connectivity index (χ2v) is 7.22. The molecule has 0 aliphatic heterocycles. The van der Waals surface area contributed by atoms with E-state index in [2.05, 4.69) is 18.7 Å². The Morgan fingerprint density at radius 2 is 1.50 bits per heavy atom. The molecule has 0 amide bonds. The summed E-state index contributed by atoms with van der Waals surface area (Å²) >= 11 is 0. The highest BCUT2D eigenvalue weighted by atomic mass is 15.2. The van der Waals surface area contributed by atoms with Crippen molar-refractivity contribution in [3.63, 3.8) is 0 Å². The Balaban J connectivity index is 1.87. The van der Waals surface area contributed by atoms with E-state index in [9.17, 15) is 0 Å². The highest BCUT2D eigenvalue weighted by Gasteiger charge is 2.29. The van der Waals surface area contributed by atoms with Crippen molar-refractivity contribution >= 4 is 0 Å². The van der Waals surface area contributed by atoms with Gasteiger partial charge in [0.25, 0.3) is 0 Å². The minimum atomic E-state index is 0.480. The summed E-state index contributed by atoms with van der Waals surface area (Å²) in [6.07, 6.45) is 15.3. The Morgan fingerprint density at radius 1 is 0.850 bits per heavy atom. The van der Waals surface area contributed by atoms with E-state index in [4.69, 9.17) is 5.73 Å². The van der Waals surface area contributed by atoms with Gasteiger partial charge in [0.05, 0.1) is 0 Å². The zero-order chi connectivity index (χ0) is 14.4. The summed E-state index contributed by atoms with van der Waals surface area (Å²) in [5.74, 6) is 1.02. The maximum atomic E-state index is 6.08. The van der Waals surface area contributed by atoms with Gasteiger partial charge in [-0.2, -0.15) is 0 Å². The first kappa shape index (κ1) is 16.3. The lowest BCUT2D eigenvalue weighted by molar-refractivity contribution is 0.0956. The Morgan fingerprint density at radius 3 is 2.15 bits per heavy atom. The standard InChI is InChI=1S/C18H36N2/c1-3-6-15-7-5-8-17(12-9-15)20(4-2)18-13-10-16(19)11-14-18/h15-18H,3-14,19H2,1-2H3. The van der Waals surface area contributed by atoms with Crippen LogP contribution in [0, 0.1) is 5.92 Å². The molecule has 2 atom stereocenters. The van der Waals surface area contributed by atoms with E-state index in [1.807, 2.05) is 0 Å². The van der Waals surface area contributed by atoms with E-state index < -0.39 is 0 Å². The van der Waals surface area contributed by atoms with E-state index in [0.717, 1.165) is 18.0 Å². The summed E-state index contributed by atoms with van der Waals surface area (Å²) in [6, 6.07) is 2.17. The fourth-order valence-electron chi connectivity index (χ4n) is 4.64. The molecule has 2 aliphatic rings. The molecule has 0 bridgehead atoms. The zero-order valence-electron chi connectivity index (χ0n) is 13.8. The third kappa shape index (κ3) is 4.46. The summed E-state index contributed by atoms with van der Waals surface area (Å²) in [4.78, 5) is 2.85. The first-order valence-corrected chi connectivity index (χ1v) is 9.25. The van der Waals surface area contributed by atoms with E-state index in [-0.39, 0.29) is 0 Å². The lowest BCUT2D eigenvalue weighted by atomic mass is 9.89. The van der Waals surface area contributed by atoms with Gasteiger partial charge in [-0.3, -0.25) is 4.90 Å². The van der Waals surface area contributed by atoms with Crippen molar-refractivity contribution in [3.8, 4) is 0 Å². The van der Waals surface area contributed by atoms with Crippen molar-refractivity contribution in [3.05, 3.63) is 0 Å². The molecule has 0 aromatic heterocycles. The molecule has 2 saturated carbocycles. The summed E-state index contributed by atoms with van der Waals surface area (Å²) in [6.45, 7) is 5.94. The van der Waals surface area contributed by atoms with Crippen molar-refractivity contribution in [1.82, 2.24) is 4.90 Å². The van der Waals surface area contributed by atoms with Crippen LogP contribution in [-0.2, 0) is 0 Å². The lowest BCUT2D eigenvalue weighted by Gasteiger charge is -2.40. The quantitative estimate of drug-likeness (QED) is 0.760. The normalized spacial score (nSPS) is 36.0. The van der Waals surface area contributed by atoms with Gasteiger partial charge in [0, 0.05) is 18.1 Å². The molecule has 118 valence electrons. The predicted octanol–water partition coefficient (Wildman–Crippen LogP) is 4.33. The van der Waals surface area contributed by atoms with Crippen LogP contribution in [0.3, 0.4) is 0 Å². The van der Waals surface area contributed by atoms with Gasteiger partial charge in [-0.05, 0) is 57.4 Å². The van der Waals surface area contributed by atoms with Gasteiger partial charge in [0.1, 0.15) is 0 Å². The number of hydrogen-bond donors (Lipinski definition) is 1. The molecule has 2 fully saturated rings. The van der Waals surface area contributed by atoms with Gasteiger partial charge in [-0.1, -0.05) is 39.5 Å². The van der Waals surface area contributed by atoms with Gasteiger partial charge in [-0.15, -0.1) is 0 Å². The molecule has 2 aliphatic carbocycles. The second-order valence-electron chi connectivity index (χ2n) is 7.22. The van der Waals surface area contributed by atoms with Crippen molar-refractivity contribution in [1.29, 1.82) is 0 Å². The first-order chi connectivity index (χ1) is 9.74. The van der Waals surface area contributed by atoms with Crippen LogP contribution in [0.15, 0.2) is 0 Å². The molecule has 2 heteroatoms. The minimum Gasteiger partial charge on any atom is -0.328 e. The molecule has 2 unspecified atom stereocenters. The zero-order valence-corrected chi connectivity index (χ0v) is 13.8. The fourth-order valence-corrected chi connectivity index (χ4v) is 4.64. The Hall–Kier alpha value is -0.0800.